The number of nitrogens with one attached hydrogen (secondary N) is 2. The van der Waals surface area contributed by atoms with Gasteiger partial charge >= 0.3 is 0 Å². The fourth-order valence-corrected chi connectivity index (χ4v) is 4.19. The largest absolute Gasteiger partial charge is 0.504 e. The number of allylic oxidation sites excluding steroid dienone is 1. The number of methoxy groups -OCH3 is 2. The molecule has 0 aliphatic carbocycles. The van der Waals surface area contributed by atoms with Crippen molar-refractivity contribution in [1.29, 1.82) is 0 Å². The van der Waals surface area contributed by atoms with E-state index in [1.165, 1.54) is 56.7 Å². The number of hydrazone groups is 1. The van der Waals surface area contributed by atoms with Gasteiger partial charge in [-0.2, -0.15) is 5.10 Å². The lowest BCUT2D eigenvalue weighted by molar-refractivity contribution is -0.384. The van der Waals surface area contributed by atoms with Crippen molar-refractivity contribution in [2.45, 2.75) is 12.5 Å². The number of nitro groups is 1. The number of carbonyl (C=O) groups excluding carboxylic acids is 1. The number of phenolic OH excluding ortho intramolecular Hbond substituents is 2. The summed E-state index contributed by atoms with van der Waals surface area (Å²) in [5.41, 5.74) is 4.96. The first-order chi connectivity index (χ1) is 19.7. The molecule has 4 rings (SSSR count). The average molecular weight is 576 g/mol. The lowest BCUT2D eigenvalue weighted by Crippen LogP contribution is -2.47. The van der Waals surface area contributed by atoms with Gasteiger partial charge in [-0.1, -0.05) is 12.1 Å². The summed E-state index contributed by atoms with van der Waals surface area (Å²) in [6, 6.07) is 14.2. The van der Waals surface area contributed by atoms with Crippen LogP contribution in [0, 0.1) is 10.1 Å². The number of carbonyl (C=O) groups is 1. The predicted octanol–water partition coefficient (Wildman–Crippen LogP) is 4.21. The van der Waals surface area contributed by atoms with Crippen LogP contribution in [0.5, 0.6) is 23.0 Å². The van der Waals surface area contributed by atoms with E-state index in [0.717, 1.165) is 0 Å². The molecule has 1 aliphatic heterocycles. The van der Waals surface area contributed by atoms with Crippen molar-refractivity contribution < 1.29 is 29.4 Å². The van der Waals surface area contributed by atoms with Gasteiger partial charge in [0.25, 0.3) is 5.69 Å². The highest BCUT2D eigenvalue weighted by Crippen LogP contribution is 2.29. The van der Waals surface area contributed by atoms with Crippen LogP contribution in [-0.4, -0.2) is 57.7 Å². The molecule has 0 radical (unpaired) electrons. The first kappa shape index (κ1) is 28.7. The number of hydrogen-bond acceptors (Lipinski definition) is 10. The molecule has 0 saturated heterocycles. The van der Waals surface area contributed by atoms with Crippen LogP contribution < -0.4 is 20.2 Å². The maximum atomic E-state index is 13.5. The van der Waals surface area contributed by atoms with Crippen molar-refractivity contribution in [2.75, 3.05) is 19.6 Å². The number of hydrogen-bond donors (Lipinski definition) is 4. The molecule has 1 unspecified atom stereocenters. The molecule has 0 amide bonds. The number of ether oxygens (including phenoxy) is 2. The fourth-order valence-electron chi connectivity index (χ4n) is 3.94. The zero-order chi connectivity index (χ0) is 29.5. The molecule has 1 heterocycles. The minimum absolute atomic E-state index is 0.0364. The number of benzene rings is 3. The van der Waals surface area contributed by atoms with Gasteiger partial charge in [0.1, 0.15) is 5.71 Å². The van der Waals surface area contributed by atoms with Crippen LogP contribution in [0.4, 0.5) is 11.4 Å². The summed E-state index contributed by atoms with van der Waals surface area (Å²) in [5, 5.41) is 38.3. The first-order valence-electron chi connectivity index (χ1n) is 12.1. The van der Waals surface area contributed by atoms with Gasteiger partial charge in [0.05, 0.1) is 36.6 Å². The number of non-ortho nitro benzene ring substituents is 1. The van der Waals surface area contributed by atoms with Crippen LogP contribution in [0.25, 0.3) is 6.08 Å². The molecule has 0 spiro atoms. The molecule has 4 N–H and O–H groups in total. The third-order valence-electron chi connectivity index (χ3n) is 6.04. The molecule has 0 aromatic heterocycles. The van der Waals surface area contributed by atoms with E-state index in [1.54, 1.807) is 30.3 Å². The Balaban J connectivity index is 1.66. The van der Waals surface area contributed by atoms with Crippen LogP contribution >= 0.6 is 12.2 Å². The highest BCUT2D eigenvalue weighted by molar-refractivity contribution is 7.80. The Bertz CT molecular complexity index is 1590. The van der Waals surface area contributed by atoms with E-state index >= 15 is 0 Å². The normalized spacial score (nSPS) is 15.2. The highest BCUT2D eigenvalue weighted by Gasteiger charge is 2.29. The molecule has 0 fully saturated rings. The van der Waals surface area contributed by atoms with Crippen molar-refractivity contribution >= 4 is 52.0 Å². The molecule has 13 heteroatoms. The molecular weight excluding hydrogens is 550 g/mol. The van der Waals surface area contributed by atoms with Crippen LogP contribution in [0.1, 0.15) is 17.5 Å². The number of thiocarbonyl (C=S) groups is 1. The number of aliphatic imine (C=N–C) groups is 1. The quantitative estimate of drug-likeness (QED) is 0.0903. The first-order valence-corrected chi connectivity index (χ1v) is 12.5. The Labute approximate surface area is 239 Å². The van der Waals surface area contributed by atoms with Crippen molar-refractivity contribution in [1.82, 2.24) is 5.32 Å². The van der Waals surface area contributed by atoms with Gasteiger partial charge in [0.2, 0.25) is 5.78 Å². The maximum Gasteiger partial charge on any atom is 0.269 e. The van der Waals surface area contributed by atoms with Crippen LogP contribution in [0.3, 0.4) is 0 Å². The number of anilines is 1. The monoisotopic (exact) mass is 575 g/mol. The maximum absolute atomic E-state index is 13.5. The van der Waals surface area contributed by atoms with E-state index in [-0.39, 0.29) is 45.9 Å². The Morgan fingerprint density at radius 3 is 2.41 bits per heavy atom. The number of nitro benzene ring substituents is 1. The smallest absolute Gasteiger partial charge is 0.269 e. The van der Waals surface area contributed by atoms with Gasteiger partial charge in [-0.05, 0) is 66.3 Å². The van der Waals surface area contributed by atoms with Gasteiger partial charge < -0.3 is 25.0 Å². The van der Waals surface area contributed by atoms with Crippen LogP contribution in [0.2, 0.25) is 0 Å². The summed E-state index contributed by atoms with van der Waals surface area (Å²) >= 11 is 5.36. The summed E-state index contributed by atoms with van der Waals surface area (Å²) in [4.78, 5) is 28.4. The zero-order valence-electron chi connectivity index (χ0n) is 21.9. The van der Waals surface area contributed by atoms with Crippen molar-refractivity contribution in [3.05, 3.63) is 88.0 Å². The van der Waals surface area contributed by atoms with Crippen molar-refractivity contribution in [2.24, 2.45) is 10.1 Å². The molecule has 210 valence electrons. The van der Waals surface area contributed by atoms with Gasteiger partial charge in [-0.25, -0.2) is 4.99 Å². The van der Waals surface area contributed by atoms with Crippen molar-refractivity contribution in [3.63, 3.8) is 0 Å². The molecule has 3 aromatic carbocycles. The molecule has 1 aliphatic rings. The third-order valence-corrected chi connectivity index (χ3v) is 6.25. The second-order valence-electron chi connectivity index (χ2n) is 8.69. The number of rotatable bonds is 10. The summed E-state index contributed by atoms with van der Waals surface area (Å²) in [5.74, 6) is -0.0360. The number of phenols is 2. The van der Waals surface area contributed by atoms with E-state index in [4.69, 9.17) is 21.7 Å². The van der Waals surface area contributed by atoms with Gasteiger partial charge in [0, 0.05) is 24.1 Å². The van der Waals surface area contributed by atoms with E-state index in [9.17, 15) is 25.1 Å². The van der Waals surface area contributed by atoms with Gasteiger partial charge in [0.15, 0.2) is 28.1 Å². The second kappa shape index (κ2) is 12.7. The summed E-state index contributed by atoms with van der Waals surface area (Å²) in [6.45, 7) is 0. The SMILES string of the molecule is COc1cc(/C=C/C(=O)/C(=N\Nc2ccc([N+](=O)[O-])cc2)C2CC(c3ccc(O)c(OC)c3)=NC(=S)N2)ccc1O. The van der Waals surface area contributed by atoms with E-state index in [1.807, 2.05) is 0 Å². The topological polar surface area (TPSA) is 168 Å². The molecule has 41 heavy (non-hydrogen) atoms. The number of ketones is 1. The molecule has 1 atom stereocenters. The lowest BCUT2D eigenvalue weighted by Gasteiger charge is -2.25. The summed E-state index contributed by atoms with van der Waals surface area (Å²) < 4.78 is 10.3. The predicted molar refractivity (Wildman–Crippen MR) is 158 cm³/mol. The zero-order valence-corrected chi connectivity index (χ0v) is 22.7. The number of aromatic hydroxyl groups is 2. The van der Waals surface area contributed by atoms with Crippen LogP contribution in [-0.2, 0) is 4.79 Å². The minimum atomic E-state index is -0.702. The summed E-state index contributed by atoms with van der Waals surface area (Å²) in [6.07, 6.45) is 3.08. The van der Waals surface area contributed by atoms with Gasteiger partial charge in [-0.3, -0.25) is 20.3 Å². The molecule has 12 nitrogen and oxygen atoms in total. The summed E-state index contributed by atoms with van der Waals surface area (Å²) in [7, 11) is 2.85. The molecule has 3 aromatic rings. The molecular formula is C28H25N5O7S. The highest BCUT2D eigenvalue weighted by atomic mass is 32.1. The Morgan fingerprint density at radius 2 is 1.76 bits per heavy atom. The molecule has 0 saturated carbocycles. The Morgan fingerprint density at radius 1 is 1.10 bits per heavy atom. The van der Waals surface area contributed by atoms with Crippen molar-refractivity contribution in [3.8, 4) is 23.0 Å². The second-order valence-corrected chi connectivity index (χ2v) is 9.08. The number of nitrogens with zero attached hydrogens (tertiary/aromatic N) is 3. The third kappa shape index (κ3) is 7.02. The standard InChI is InChI=1S/C28H25N5O7S/c1-39-25-13-16(3-10-22(25)34)4-11-24(36)27(32-31-18-6-8-19(9-7-18)33(37)38)21-15-20(29-28(41)30-21)17-5-12-23(35)26(14-17)40-2/h3-14,21,31,34-35H,15H2,1-2H3,(H,30,41)/b11-4+,32-27-. The molecule has 0 bridgehead atoms. The van der Waals surface area contributed by atoms with E-state index in [2.05, 4.69) is 20.8 Å². The fraction of sp³-hybridized carbons (Fsp3) is 0.143. The average Bonchev–Trinajstić information content (AvgIpc) is 2.97. The van der Waals surface area contributed by atoms with Gasteiger partial charge in [-0.15, -0.1) is 0 Å². The lowest BCUT2D eigenvalue weighted by atomic mass is 9.95. The van der Waals surface area contributed by atoms with E-state index < -0.39 is 16.7 Å². The van der Waals surface area contributed by atoms with Crippen LogP contribution in [0.15, 0.2) is 76.8 Å². The Kier molecular flexibility index (Phi) is 8.89. The van der Waals surface area contributed by atoms with E-state index in [0.29, 0.717) is 22.5 Å². The Hall–Kier alpha value is -5.30. The minimum Gasteiger partial charge on any atom is -0.504 e.